The van der Waals surface area contributed by atoms with Crippen molar-refractivity contribution in [1.29, 1.82) is 0 Å². The van der Waals surface area contributed by atoms with E-state index in [4.69, 9.17) is 11.6 Å². The van der Waals surface area contributed by atoms with Crippen LogP contribution in [0.4, 0.5) is 11.6 Å². The lowest BCUT2D eigenvalue weighted by Gasteiger charge is -2.10. The van der Waals surface area contributed by atoms with Crippen molar-refractivity contribution >= 4 is 38.7 Å². The van der Waals surface area contributed by atoms with Gasteiger partial charge in [0.2, 0.25) is 15.8 Å². The van der Waals surface area contributed by atoms with Gasteiger partial charge < -0.3 is 5.32 Å². The van der Waals surface area contributed by atoms with Gasteiger partial charge in [0, 0.05) is 22.5 Å². The summed E-state index contributed by atoms with van der Waals surface area (Å²) in [5.41, 5.74) is 1.98. The van der Waals surface area contributed by atoms with Gasteiger partial charge >= 0.3 is 0 Å². The van der Waals surface area contributed by atoms with Crippen LogP contribution in [0.5, 0.6) is 0 Å². The molecule has 126 valence electrons. The molecule has 0 atom stereocenters. The minimum atomic E-state index is -3.57. The SMILES string of the molecule is CC(C)c1cnn2c(Nc3cccc(Cl)c3)nc(S(C)(=O)=O)nc12. The van der Waals surface area contributed by atoms with Crippen LogP contribution in [0.1, 0.15) is 25.3 Å². The lowest BCUT2D eigenvalue weighted by atomic mass is 10.1. The normalized spacial score (nSPS) is 12.0. The zero-order chi connectivity index (χ0) is 17.5. The van der Waals surface area contributed by atoms with Crippen molar-refractivity contribution in [3.63, 3.8) is 0 Å². The Hall–Kier alpha value is -2.19. The van der Waals surface area contributed by atoms with E-state index in [1.165, 1.54) is 4.52 Å². The second-order valence-electron chi connectivity index (χ2n) is 5.73. The number of nitrogens with zero attached hydrogens (tertiary/aromatic N) is 4. The van der Waals surface area contributed by atoms with Gasteiger partial charge in [-0.3, -0.25) is 0 Å². The molecule has 0 aliphatic heterocycles. The van der Waals surface area contributed by atoms with Crippen LogP contribution < -0.4 is 5.32 Å². The topological polar surface area (TPSA) is 89.2 Å². The lowest BCUT2D eigenvalue weighted by molar-refractivity contribution is 0.592. The summed E-state index contributed by atoms with van der Waals surface area (Å²) < 4.78 is 25.4. The Morgan fingerprint density at radius 3 is 2.62 bits per heavy atom. The molecule has 0 fully saturated rings. The number of halogens is 1. The standard InChI is InChI=1S/C15H16ClN5O2S/c1-9(2)12-8-17-21-13(12)19-15(24(3,22)23)20-14(21)18-11-6-4-5-10(16)7-11/h4-9H,1-3H3,(H,18,19,20). The maximum Gasteiger partial charge on any atom is 0.252 e. The molecular weight excluding hydrogens is 350 g/mol. The minimum absolute atomic E-state index is 0.142. The molecular formula is C15H16ClN5O2S. The Labute approximate surface area is 144 Å². The van der Waals surface area contributed by atoms with E-state index in [0.29, 0.717) is 16.4 Å². The molecule has 3 rings (SSSR count). The quantitative estimate of drug-likeness (QED) is 0.764. The monoisotopic (exact) mass is 365 g/mol. The molecule has 0 spiro atoms. The first kappa shape index (κ1) is 16.7. The summed E-state index contributed by atoms with van der Waals surface area (Å²) in [6.45, 7) is 3.98. The third-order valence-corrected chi connectivity index (χ3v) is 4.49. The Bertz CT molecular complexity index is 1010. The molecule has 0 radical (unpaired) electrons. The van der Waals surface area contributed by atoms with Crippen LogP contribution in [0, 0.1) is 0 Å². The fraction of sp³-hybridized carbons (Fsp3) is 0.267. The van der Waals surface area contributed by atoms with Crippen LogP contribution in [0.25, 0.3) is 5.65 Å². The molecule has 1 N–H and O–H groups in total. The van der Waals surface area contributed by atoms with Gasteiger partial charge in [0.1, 0.15) is 0 Å². The number of hydrogen-bond donors (Lipinski definition) is 1. The van der Waals surface area contributed by atoms with Gasteiger partial charge in [0.25, 0.3) is 5.16 Å². The maximum atomic E-state index is 11.9. The minimum Gasteiger partial charge on any atom is -0.324 e. The summed E-state index contributed by atoms with van der Waals surface area (Å²) in [4.78, 5) is 8.30. The average Bonchev–Trinajstić information content (AvgIpc) is 2.90. The van der Waals surface area contributed by atoms with E-state index in [1.54, 1.807) is 30.5 Å². The highest BCUT2D eigenvalue weighted by Gasteiger charge is 2.20. The van der Waals surface area contributed by atoms with E-state index in [1.807, 2.05) is 13.8 Å². The molecule has 7 nitrogen and oxygen atoms in total. The van der Waals surface area contributed by atoms with E-state index in [2.05, 4.69) is 20.4 Å². The van der Waals surface area contributed by atoms with Gasteiger partial charge in [-0.15, -0.1) is 0 Å². The van der Waals surface area contributed by atoms with Crippen molar-refractivity contribution in [2.24, 2.45) is 0 Å². The van der Waals surface area contributed by atoms with Crippen molar-refractivity contribution in [1.82, 2.24) is 19.6 Å². The Kier molecular flexibility index (Phi) is 4.18. The van der Waals surface area contributed by atoms with Gasteiger partial charge in [-0.2, -0.15) is 19.6 Å². The van der Waals surface area contributed by atoms with Gasteiger partial charge in [-0.05, 0) is 24.1 Å². The largest absolute Gasteiger partial charge is 0.324 e. The summed E-state index contributed by atoms with van der Waals surface area (Å²) in [6, 6.07) is 7.04. The Morgan fingerprint density at radius 1 is 1.25 bits per heavy atom. The number of anilines is 2. The van der Waals surface area contributed by atoms with Crippen molar-refractivity contribution < 1.29 is 8.42 Å². The van der Waals surface area contributed by atoms with Gasteiger partial charge in [0.05, 0.1) is 6.20 Å². The van der Waals surface area contributed by atoms with Crippen LogP contribution in [0.3, 0.4) is 0 Å². The number of benzene rings is 1. The Morgan fingerprint density at radius 2 is 2.00 bits per heavy atom. The first-order valence-corrected chi connectivity index (χ1v) is 9.51. The number of aromatic nitrogens is 4. The third-order valence-electron chi connectivity index (χ3n) is 3.41. The zero-order valence-electron chi connectivity index (χ0n) is 13.4. The van der Waals surface area contributed by atoms with Crippen LogP contribution in [-0.4, -0.2) is 34.3 Å². The fourth-order valence-corrected chi connectivity index (χ4v) is 2.92. The van der Waals surface area contributed by atoms with E-state index in [-0.39, 0.29) is 17.0 Å². The van der Waals surface area contributed by atoms with E-state index in [9.17, 15) is 8.42 Å². The molecule has 0 amide bonds. The molecule has 0 aliphatic rings. The number of sulfone groups is 1. The first-order valence-electron chi connectivity index (χ1n) is 7.24. The number of nitrogens with one attached hydrogen (secondary N) is 1. The summed E-state index contributed by atoms with van der Waals surface area (Å²) in [6.07, 6.45) is 2.75. The van der Waals surface area contributed by atoms with Gasteiger partial charge in [-0.25, -0.2) is 8.42 Å². The zero-order valence-corrected chi connectivity index (χ0v) is 14.9. The van der Waals surface area contributed by atoms with Crippen molar-refractivity contribution in [3.8, 4) is 0 Å². The summed E-state index contributed by atoms with van der Waals surface area (Å²) >= 11 is 5.99. The van der Waals surface area contributed by atoms with Crippen LogP contribution in [0.2, 0.25) is 5.02 Å². The van der Waals surface area contributed by atoms with Gasteiger partial charge in [0.15, 0.2) is 5.65 Å². The predicted molar refractivity (Wildman–Crippen MR) is 92.7 cm³/mol. The third kappa shape index (κ3) is 3.20. The molecule has 0 saturated carbocycles. The summed E-state index contributed by atoms with van der Waals surface area (Å²) in [5, 5.41) is 7.64. The van der Waals surface area contributed by atoms with Crippen LogP contribution >= 0.6 is 11.6 Å². The number of fused-ring (bicyclic) bond motifs is 1. The van der Waals surface area contributed by atoms with E-state index < -0.39 is 9.84 Å². The molecule has 3 aromatic rings. The lowest BCUT2D eigenvalue weighted by Crippen LogP contribution is -2.11. The molecule has 24 heavy (non-hydrogen) atoms. The number of hydrogen-bond acceptors (Lipinski definition) is 6. The van der Waals surface area contributed by atoms with Crippen LogP contribution in [0.15, 0.2) is 35.6 Å². The van der Waals surface area contributed by atoms with E-state index in [0.717, 1.165) is 11.8 Å². The molecule has 0 unspecified atom stereocenters. The first-order chi connectivity index (χ1) is 11.3. The molecule has 2 aromatic heterocycles. The highest BCUT2D eigenvalue weighted by atomic mass is 35.5. The predicted octanol–water partition coefficient (Wildman–Crippen LogP) is 3.05. The Balaban J connectivity index is 2.22. The molecule has 9 heteroatoms. The second-order valence-corrected chi connectivity index (χ2v) is 8.07. The smallest absolute Gasteiger partial charge is 0.252 e. The van der Waals surface area contributed by atoms with Gasteiger partial charge in [-0.1, -0.05) is 31.5 Å². The molecule has 1 aromatic carbocycles. The van der Waals surface area contributed by atoms with Crippen LogP contribution in [-0.2, 0) is 9.84 Å². The second kappa shape index (κ2) is 6.03. The highest BCUT2D eigenvalue weighted by Crippen LogP contribution is 2.24. The molecule has 0 bridgehead atoms. The maximum absolute atomic E-state index is 11.9. The molecule has 2 heterocycles. The van der Waals surface area contributed by atoms with Crippen molar-refractivity contribution in [2.75, 3.05) is 11.6 Å². The molecule has 0 saturated heterocycles. The number of rotatable bonds is 4. The van der Waals surface area contributed by atoms with Crippen molar-refractivity contribution in [2.45, 2.75) is 24.9 Å². The summed E-state index contributed by atoms with van der Waals surface area (Å²) in [5.74, 6) is 0.401. The fourth-order valence-electron chi connectivity index (χ4n) is 2.22. The molecule has 0 aliphatic carbocycles. The average molecular weight is 366 g/mol. The van der Waals surface area contributed by atoms with Crippen molar-refractivity contribution in [3.05, 3.63) is 41.0 Å². The highest BCUT2D eigenvalue weighted by molar-refractivity contribution is 7.90. The van der Waals surface area contributed by atoms with E-state index >= 15 is 0 Å². The summed E-state index contributed by atoms with van der Waals surface area (Å²) in [7, 11) is -3.57.